The van der Waals surface area contributed by atoms with Crippen LogP contribution in [0.5, 0.6) is 0 Å². The molecule has 1 heterocycles. The van der Waals surface area contributed by atoms with Gasteiger partial charge in [0.2, 0.25) is 15.9 Å². The van der Waals surface area contributed by atoms with Crippen LogP contribution < -0.4 is 10.0 Å². The van der Waals surface area contributed by atoms with Crippen molar-refractivity contribution in [3.05, 3.63) is 28.2 Å². The molecule has 1 unspecified atom stereocenters. The Morgan fingerprint density at radius 2 is 2.05 bits per heavy atom. The molecule has 0 bridgehead atoms. The molecule has 20 heavy (non-hydrogen) atoms. The first-order valence-corrected chi connectivity index (χ1v) is 8.14. The third-order valence-corrected chi connectivity index (χ3v) is 4.67. The molecule has 1 aromatic rings. The van der Waals surface area contributed by atoms with Crippen molar-refractivity contribution >= 4 is 37.5 Å². The first-order valence-electron chi connectivity index (χ1n) is 5.63. The highest BCUT2D eigenvalue weighted by Gasteiger charge is 2.34. The van der Waals surface area contributed by atoms with Gasteiger partial charge in [-0.25, -0.2) is 22.3 Å². The van der Waals surface area contributed by atoms with Crippen molar-refractivity contribution in [2.75, 3.05) is 17.2 Å². The summed E-state index contributed by atoms with van der Waals surface area (Å²) < 4.78 is 48.4. The number of amides is 1. The molecule has 1 atom stereocenters. The molecule has 1 fully saturated rings. The van der Waals surface area contributed by atoms with Gasteiger partial charge in [-0.15, -0.1) is 0 Å². The van der Waals surface area contributed by atoms with E-state index in [9.17, 15) is 22.0 Å². The number of sulfonamides is 1. The van der Waals surface area contributed by atoms with E-state index in [1.807, 2.05) is 0 Å². The zero-order valence-electron chi connectivity index (χ0n) is 10.1. The number of hydrogen-bond donors (Lipinski definition) is 1. The lowest BCUT2D eigenvalue weighted by molar-refractivity contribution is -0.117. The number of anilines is 1. The summed E-state index contributed by atoms with van der Waals surface area (Å²) in [5.74, 6) is -3.27. The largest absolute Gasteiger partial charge is 0.311 e. The van der Waals surface area contributed by atoms with Crippen LogP contribution in [0.1, 0.15) is 6.42 Å². The number of carbonyl (C=O) groups is 1. The zero-order chi connectivity index (χ0) is 15.1. The van der Waals surface area contributed by atoms with Gasteiger partial charge < -0.3 is 4.90 Å². The molecule has 0 radical (unpaired) electrons. The molecular formula is C11H11BrF2N2O3S. The first-order chi connectivity index (χ1) is 9.19. The van der Waals surface area contributed by atoms with Gasteiger partial charge in [0, 0.05) is 18.9 Å². The van der Waals surface area contributed by atoms with Gasteiger partial charge in [-0.2, -0.15) is 0 Å². The molecule has 5 nitrogen and oxygen atoms in total. The number of nitrogens with two attached hydrogens (primary N) is 1. The van der Waals surface area contributed by atoms with E-state index in [-0.39, 0.29) is 34.8 Å². The van der Waals surface area contributed by atoms with Crippen LogP contribution in [-0.2, 0) is 14.8 Å². The predicted molar refractivity (Wildman–Crippen MR) is 72.5 cm³/mol. The van der Waals surface area contributed by atoms with Crippen LogP contribution in [0.3, 0.4) is 0 Å². The van der Waals surface area contributed by atoms with Gasteiger partial charge in [0.05, 0.1) is 15.9 Å². The number of halogens is 3. The summed E-state index contributed by atoms with van der Waals surface area (Å²) in [5, 5.41) is 4.94. The molecule has 1 aliphatic heterocycles. The SMILES string of the molecule is NS(=O)(=O)CC1CC(=O)N(c2ccc(F)c(F)c2Br)C1. The summed E-state index contributed by atoms with van der Waals surface area (Å²) in [7, 11) is -3.69. The maximum absolute atomic E-state index is 13.5. The summed E-state index contributed by atoms with van der Waals surface area (Å²) in [6, 6.07) is 2.18. The molecular weight excluding hydrogens is 358 g/mol. The Kier molecular flexibility index (Phi) is 4.12. The lowest BCUT2D eigenvalue weighted by atomic mass is 10.1. The average molecular weight is 369 g/mol. The van der Waals surface area contributed by atoms with Crippen LogP contribution in [0.25, 0.3) is 0 Å². The number of nitrogens with zero attached hydrogens (tertiary/aromatic N) is 1. The molecule has 1 aliphatic rings. The summed E-state index contributed by atoms with van der Waals surface area (Å²) >= 11 is 2.90. The van der Waals surface area contributed by atoms with Gasteiger partial charge in [0.1, 0.15) is 0 Å². The molecule has 1 aromatic carbocycles. The molecule has 9 heteroatoms. The van der Waals surface area contributed by atoms with E-state index in [1.54, 1.807) is 0 Å². The van der Waals surface area contributed by atoms with Crippen LogP contribution in [0.2, 0.25) is 0 Å². The quantitative estimate of drug-likeness (QED) is 0.818. The molecule has 0 saturated carbocycles. The lowest BCUT2D eigenvalue weighted by Gasteiger charge is -2.18. The normalized spacial score (nSPS) is 19.7. The fourth-order valence-corrected chi connectivity index (χ4v) is 3.59. The minimum atomic E-state index is -3.69. The Morgan fingerprint density at radius 3 is 2.65 bits per heavy atom. The maximum atomic E-state index is 13.5. The summed E-state index contributed by atoms with van der Waals surface area (Å²) in [6.45, 7) is 0.0962. The number of rotatable bonds is 3. The number of carbonyl (C=O) groups excluding carboxylic acids is 1. The number of benzene rings is 1. The summed E-state index contributed by atoms with van der Waals surface area (Å²) in [4.78, 5) is 13.1. The second-order valence-electron chi connectivity index (χ2n) is 4.60. The van der Waals surface area contributed by atoms with E-state index in [2.05, 4.69) is 15.9 Å². The van der Waals surface area contributed by atoms with Gasteiger partial charge in [0.15, 0.2) is 11.6 Å². The van der Waals surface area contributed by atoms with E-state index in [4.69, 9.17) is 5.14 Å². The zero-order valence-corrected chi connectivity index (χ0v) is 12.5. The number of hydrogen-bond acceptors (Lipinski definition) is 3. The summed E-state index contributed by atoms with van der Waals surface area (Å²) in [5.41, 5.74) is 0.172. The minimum Gasteiger partial charge on any atom is -0.311 e. The fourth-order valence-electron chi connectivity index (χ4n) is 2.18. The topological polar surface area (TPSA) is 80.5 Å². The molecule has 0 aromatic heterocycles. The molecule has 0 aliphatic carbocycles. The van der Waals surface area contributed by atoms with E-state index in [1.165, 1.54) is 11.0 Å². The Hall–Kier alpha value is -1.06. The number of primary sulfonamides is 1. The van der Waals surface area contributed by atoms with Gasteiger partial charge in [-0.1, -0.05) is 0 Å². The smallest absolute Gasteiger partial charge is 0.227 e. The maximum Gasteiger partial charge on any atom is 0.227 e. The highest BCUT2D eigenvalue weighted by Crippen LogP contribution is 2.34. The van der Waals surface area contributed by atoms with Crippen LogP contribution in [0.15, 0.2) is 16.6 Å². The molecule has 2 rings (SSSR count). The summed E-state index contributed by atoms with van der Waals surface area (Å²) in [6.07, 6.45) is 0.00185. The van der Waals surface area contributed by atoms with Crippen molar-refractivity contribution in [3.8, 4) is 0 Å². The molecule has 1 saturated heterocycles. The van der Waals surface area contributed by atoms with Crippen LogP contribution in [-0.4, -0.2) is 26.6 Å². The predicted octanol–water partition coefficient (Wildman–Crippen LogP) is 1.37. The second kappa shape index (κ2) is 5.38. The van der Waals surface area contributed by atoms with Gasteiger partial charge in [0.25, 0.3) is 0 Å². The first kappa shape index (κ1) is 15.3. The van der Waals surface area contributed by atoms with E-state index >= 15 is 0 Å². The van der Waals surface area contributed by atoms with Gasteiger partial charge in [-0.05, 0) is 28.1 Å². The van der Waals surface area contributed by atoms with Crippen LogP contribution in [0, 0.1) is 17.6 Å². The Morgan fingerprint density at radius 1 is 1.40 bits per heavy atom. The Balaban J connectivity index is 2.27. The van der Waals surface area contributed by atoms with Crippen molar-refractivity contribution < 1.29 is 22.0 Å². The van der Waals surface area contributed by atoms with Crippen molar-refractivity contribution in [1.29, 1.82) is 0 Å². The molecule has 0 spiro atoms. The van der Waals surface area contributed by atoms with E-state index in [0.29, 0.717) is 0 Å². The molecule has 1 amide bonds. The standard InChI is InChI=1S/C11H11BrF2N2O3S/c12-10-8(2-1-7(13)11(10)14)16-4-6(3-9(16)17)5-20(15,18)19/h1-2,6H,3-5H2,(H2,15,18,19). The van der Waals surface area contributed by atoms with Crippen molar-refractivity contribution in [1.82, 2.24) is 0 Å². The fraction of sp³-hybridized carbons (Fsp3) is 0.364. The minimum absolute atomic E-state index is 0.00185. The third-order valence-electron chi connectivity index (χ3n) is 2.98. The highest BCUT2D eigenvalue weighted by molar-refractivity contribution is 9.10. The Bertz CT molecular complexity index is 666. The second-order valence-corrected chi connectivity index (χ2v) is 7.05. The monoisotopic (exact) mass is 368 g/mol. The lowest BCUT2D eigenvalue weighted by Crippen LogP contribution is -2.28. The van der Waals surface area contributed by atoms with Crippen LogP contribution >= 0.6 is 15.9 Å². The van der Waals surface area contributed by atoms with Crippen molar-refractivity contribution in [2.45, 2.75) is 6.42 Å². The van der Waals surface area contributed by atoms with E-state index in [0.717, 1.165) is 6.07 Å². The molecule has 110 valence electrons. The van der Waals surface area contributed by atoms with Crippen LogP contribution in [0.4, 0.5) is 14.5 Å². The average Bonchev–Trinajstić information content (AvgIpc) is 2.65. The van der Waals surface area contributed by atoms with Gasteiger partial charge >= 0.3 is 0 Å². The molecule has 2 N–H and O–H groups in total. The highest BCUT2D eigenvalue weighted by atomic mass is 79.9. The van der Waals surface area contributed by atoms with Crippen molar-refractivity contribution in [2.24, 2.45) is 11.1 Å². The van der Waals surface area contributed by atoms with Gasteiger partial charge in [-0.3, -0.25) is 4.79 Å². The third kappa shape index (κ3) is 3.15. The van der Waals surface area contributed by atoms with Crippen molar-refractivity contribution in [3.63, 3.8) is 0 Å². The van der Waals surface area contributed by atoms with E-state index < -0.39 is 27.6 Å². The Labute approximate surface area is 122 Å².